The molecule has 2 bridgehead atoms. The summed E-state index contributed by atoms with van der Waals surface area (Å²) in [4.78, 5) is 0. The van der Waals surface area contributed by atoms with Gasteiger partial charge in [0.2, 0.25) is 0 Å². The van der Waals surface area contributed by atoms with Gasteiger partial charge in [0.25, 0.3) is 0 Å². The van der Waals surface area contributed by atoms with Gasteiger partial charge in [-0.15, -0.1) is 8.58 Å². The molecule has 0 saturated heterocycles. The van der Waals surface area contributed by atoms with E-state index in [1.54, 1.807) is 38.3 Å². The molecule has 0 aromatic heterocycles. The Morgan fingerprint density at radius 3 is 2.27 bits per heavy atom. The van der Waals surface area contributed by atoms with Crippen molar-refractivity contribution < 1.29 is 0 Å². The van der Waals surface area contributed by atoms with Gasteiger partial charge in [0.05, 0.1) is 0 Å². The number of hydrogen-bond acceptors (Lipinski definition) is 0. The van der Waals surface area contributed by atoms with E-state index in [0.717, 1.165) is 35.2 Å². The average Bonchev–Trinajstić information content (AvgIpc) is 2.47. The summed E-state index contributed by atoms with van der Waals surface area (Å²) in [6, 6.07) is 0. The Morgan fingerprint density at radius 1 is 0.909 bits per heavy atom. The lowest BCUT2D eigenvalue weighted by atomic mass is 9.68. The zero-order valence-electron chi connectivity index (χ0n) is 15.2. The maximum atomic E-state index is 2.54. The molecule has 0 aromatic rings. The largest absolute Gasteiger partial charge is 0.119 e. The molecule has 3 saturated carbocycles. The van der Waals surface area contributed by atoms with Gasteiger partial charge in [0, 0.05) is 0 Å². The van der Waals surface area contributed by atoms with Crippen molar-refractivity contribution in [1.82, 2.24) is 0 Å². The second-order valence-corrected chi connectivity index (χ2v) is 11.0. The molecule has 1 heteroatoms. The summed E-state index contributed by atoms with van der Waals surface area (Å²) >= 11 is 0. The van der Waals surface area contributed by atoms with Crippen LogP contribution in [0.4, 0.5) is 0 Å². The monoisotopic (exact) mass is 322 g/mol. The highest BCUT2D eigenvalue weighted by molar-refractivity contribution is 7.38. The molecule has 3 fully saturated rings. The van der Waals surface area contributed by atoms with E-state index in [4.69, 9.17) is 0 Å². The Hall–Kier alpha value is 0.430. The van der Waals surface area contributed by atoms with Gasteiger partial charge in [-0.3, -0.25) is 0 Å². The second-order valence-electron chi connectivity index (χ2n) is 9.30. The third kappa shape index (κ3) is 5.22. The van der Waals surface area contributed by atoms with Gasteiger partial charge >= 0.3 is 0 Å². The van der Waals surface area contributed by atoms with Crippen LogP contribution in [0, 0.1) is 29.6 Å². The first-order valence-electron chi connectivity index (χ1n) is 10.4. The molecule has 0 amide bonds. The molecule has 0 aliphatic heterocycles. The van der Waals surface area contributed by atoms with Crippen LogP contribution in [0.15, 0.2) is 0 Å². The van der Waals surface area contributed by atoms with Crippen LogP contribution >= 0.6 is 8.58 Å². The van der Waals surface area contributed by atoms with Crippen LogP contribution in [0.5, 0.6) is 0 Å². The van der Waals surface area contributed by atoms with Crippen molar-refractivity contribution in [3.8, 4) is 0 Å². The van der Waals surface area contributed by atoms with E-state index in [1.165, 1.54) is 53.5 Å². The number of fused-ring (bicyclic) bond motifs is 2. The first kappa shape index (κ1) is 17.3. The smallest absolute Gasteiger partial charge is 0.0231 e. The highest BCUT2D eigenvalue weighted by Crippen LogP contribution is 2.47. The fourth-order valence-corrected chi connectivity index (χ4v) is 8.06. The lowest BCUT2D eigenvalue weighted by molar-refractivity contribution is 0.150. The molecule has 0 aromatic carbocycles. The van der Waals surface area contributed by atoms with Gasteiger partial charge in [-0.2, -0.15) is 0 Å². The minimum Gasteiger partial charge on any atom is -0.119 e. The molecule has 4 atom stereocenters. The minimum absolute atomic E-state index is 0.999. The Bertz CT molecular complexity index is 302. The molecule has 0 spiro atoms. The second kappa shape index (κ2) is 8.50. The molecule has 3 aliphatic rings. The Balaban J connectivity index is 1.31. The van der Waals surface area contributed by atoms with E-state index in [2.05, 4.69) is 13.8 Å². The molecule has 3 aliphatic carbocycles. The molecular weight excluding hydrogens is 283 g/mol. The molecule has 3 unspecified atom stereocenters. The number of hydrogen-bond donors (Lipinski definition) is 0. The van der Waals surface area contributed by atoms with Crippen molar-refractivity contribution in [2.45, 2.75) is 96.6 Å². The first-order valence-corrected chi connectivity index (χ1v) is 11.7. The summed E-state index contributed by atoms with van der Waals surface area (Å²) in [5.74, 6) is 5.34. The van der Waals surface area contributed by atoms with Crippen molar-refractivity contribution in [3.63, 3.8) is 0 Å². The van der Waals surface area contributed by atoms with E-state index >= 15 is 0 Å². The van der Waals surface area contributed by atoms with Gasteiger partial charge in [-0.1, -0.05) is 46.0 Å². The van der Waals surface area contributed by atoms with Gasteiger partial charge in [-0.05, 0) is 86.4 Å². The maximum absolute atomic E-state index is 2.54. The summed E-state index contributed by atoms with van der Waals surface area (Å²) in [5.41, 5.74) is 1.12. The third-order valence-electron chi connectivity index (χ3n) is 6.90. The summed E-state index contributed by atoms with van der Waals surface area (Å²) in [5, 5.41) is 0. The minimum atomic E-state index is 0.999. The van der Waals surface area contributed by atoms with Gasteiger partial charge in [0.15, 0.2) is 0 Å². The highest BCUT2D eigenvalue weighted by atomic mass is 31.1. The predicted molar refractivity (Wildman–Crippen MR) is 101 cm³/mol. The first-order chi connectivity index (χ1) is 10.7. The number of rotatable bonds is 6. The third-order valence-corrected chi connectivity index (χ3v) is 8.53. The highest BCUT2D eigenvalue weighted by Gasteiger charge is 2.34. The van der Waals surface area contributed by atoms with E-state index in [1.807, 2.05) is 0 Å². The van der Waals surface area contributed by atoms with Crippen molar-refractivity contribution in [1.29, 1.82) is 0 Å². The molecule has 0 nitrogen and oxygen atoms in total. The quantitative estimate of drug-likeness (QED) is 0.468. The fourth-order valence-electron chi connectivity index (χ4n) is 5.99. The maximum Gasteiger partial charge on any atom is -0.0231 e. The van der Waals surface area contributed by atoms with Crippen LogP contribution in [0.1, 0.15) is 90.9 Å². The normalized spacial score (nSPS) is 38.5. The van der Waals surface area contributed by atoms with Crippen molar-refractivity contribution in [2.75, 3.05) is 6.16 Å². The molecule has 22 heavy (non-hydrogen) atoms. The Morgan fingerprint density at radius 2 is 1.59 bits per heavy atom. The summed E-state index contributed by atoms with van der Waals surface area (Å²) in [6.45, 7) is 5.03. The van der Waals surface area contributed by atoms with Crippen LogP contribution in [0.3, 0.4) is 0 Å². The Kier molecular flexibility index (Phi) is 6.67. The average molecular weight is 323 g/mol. The zero-order chi connectivity index (χ0) is 15.4. The van der Waals surface area contributed by atoms with E-state index in [9.17, 15) is 0 Å². The van der Waals surface area contributed by atoms with E-state index in [-0.39, 0.29) is 0 Å². The zero-order valence-corrected chi connectivity index (χ0v) is 16.2. The fraction of sp³-hybridized carbons (Fsp3) is 1.00. The summed E-state index contributed by atoms with van der Waals surface area (Å²) < 4.78 is 0. The molecule has 0 N–H and O–H groups in total. The lowest BCUT2D eigenvalue weighted by Gasteiger charge is -2.42. The van der Waals surface area contributed by atoms with Crippen LogP contribution in [-0.4, -0.2) is 11.8 Å². The topological polar surface area (TPSA) is 0 Å². The van der Waals surface area contributed by atoms with E-state index < -0.39 is 0 Å². The molecular formula is C21H39P. The SMILES string of the molecule is CC1CC2CC(C1)CC(PCC[C@H](C)CC1CCCCC1)C2. The van der Waals surface area contributed by atoms with E-state index in [0.29, 0.717) is 0 Å². The summed E-state index contributed by atoms with van der Waals surface area (Å²) in [6.07, 6.45) is 20.1. The van der Waals surface area contributed by atoms with Crippen LogP contribution in [0.25, 0.3) is 0 Å². The van der Waals surface area contributed by atoms with Crippen LogP contribution < -0.4 is 0 Å². The molecule has 3 rings (SSSR count). The lowest BCUT2D eigenvalue weighted by Crippen LogP contribution is -2.31. The predicted octanol–water partition coefficient (Wildman–Crippen LogP) is 6.88. The van der Waals surface area contributed by atoms with Gasteiger partial charge in [-0.25, -0.2) is 0 Å². The van der Waals surface area contributed by atoms with Crippen molar-refractivity contribution in [3.05, 3.63) is 0 Å². The van der Waals surface area contributed by atoms with Gasteiger partial charge in [0.1, 0.15) is 0 Å². The Labute approximate surface area is 141 Å². The van der Waals surface area contributed by atoms with Crippen molar-refractivity contribution >= 4 is 8.58 Å². The standard InChI is InChI=1S/C21H39P/c1-16(10-18-6-4-3-5-7-18)8-9-22-21-14-19-11-17(2)12-20(13-19)15-21/h16-22H,3-15H2,1-2H3/t16-,17?,19?,20?,21?/m0/s1. The molecule has 0 heterocycles. The van der Waals surface area contributed by atoms with Crippen LogP contribution in [-0.2, 0) is 0 Å². The molecule has 128 valence electrons. The molecule has 0 radical (unpaired) electrons. The van der Waals surface area contributed by atoms with Gasteiger partial charge < -0.3 is 0 Å². The summed E-state index contributed by atoms with van der Waals surface area (Å²) in [7, 11) is 1.29. The van der Waals surface area contributed by atoms with Crippen molar-refractivity contribution in [2.24, 2.45) is 29.6 Å². The van der Waals surface area contributed by atoms with Crippen LogP contribution in [0.2, 0.25) is 0 Å².